The smallest absolute Gasteiger partial charge is 0.255 e. The quantitative estimate of drug-likeness (QED) is 0.206. The minimum absolute atomic E-state index is 0.317. The maximum atomic E-state index is 13.3. The SMILES string of the molecule is CNC(=O)c1c(-c2ccc(C)cc2)oc2cc(N(C)S(C)(=O)=O)c(-c3cc(OC)nc(-c4cc5ccccc5s4)c3)cc12. The molecule has 218 valence electrons. The van der Waals surface area contributed by atoms with E-state index in [-0.39, 0.29) is 5.91 Å². The molecule has 0 saturated heterocycles. The number of rotatable bonds is 7. The molecular formula is C33H29N3O5S2. The molecular weight excluding hydrogens is 583 g/mol. The number of furan rings is 1. The first kappa shape index (κ1) is 28.4. The second kappa shape index (κ2) is 10.9. The lowest BCUT2D eigenvalue weighted by Crippen LogP contribution is -2.25. The standard InChI is InChI=1S/C33H29N3O5S2/c1-19-10-12-20(13-11-19)32-31(33(37)34-2)24-17-23(26(18-27(24)41-32)36(3)43(5,38)39)22-14-25(35-30(16-22)40-4)29-15-21-8-6-7-9-28(21)42-29/h6-18H,1-5H3,(H,34,37). The van der Waals surface area contributed by atoms with Gasteiger partial charge in [0.1, 0.15) is 11.3 Å². The van der Waals surface area contributed by atoms with Gasteiger partial charge >= 0.3 is 0 Å². The van der Waals surface area contributed by atoms with Gasteiger partial charge in [0.2, 0.25) is 15.9 Å². The first-order valence-electron chi connectivity index (χ1n) is 13.5. The minimum Gasteiger partial charge on any atom is -0.481 e. The lowest BCUT2D eigenvalue weighted by molar-refractivity contribution is 0.0964. The van der Waals surface area contributed by atoms with Crippen LogP contribution in [0.5, 0.6) is 5.88 Å². The summed E-state index contributed by atoms with van der Waals surface area (Å²) in [6, 6.07) is 25.0. The molecule has 0 fully saturated rings. The largest absolute Gasteiger partial charge is 0.481 e. The van der Waals surface area contributed by atoms with E-state index in [0.29, 0.717) is 50.7 Å². The Hall–Kier alpha value is -4.67. The Kier molecular flexibility index (Phi) is 7.19. The minimum atomic E-state index is -3.66. The summed E-state index contributed by atoms with van der Waals surface area (Å²) < 4.78 is 39.9. The van der Waals surface area contributed by atoms with Crippen molar-refractivity contribution in [2.75, 3.05) is 31.8 Å². The molecule has 0 atom stereocenters. The van der Waals surface area contributed by atoms with Gasteiger partial charge in [0, 0.05) is 47.4 Å². The second-order valence-corrected chi connectivity index (χ2v) is 13.4. The molecule has 0 bridgehead atoms. The van der Waals surface area contributed by atoms with Crippen molar-refractivity contribution in [1.29, 1.82) is 0 Å². The Morgan fingerprint density at radius 3 is 2.42 bits per heavy atom. The molecule has 0 aliphatic heterocycles. The molecule has 0 spiro atoms. The number of methoxy groups -OCH3 is 1. The highest BCUT2D eigenvalue weighted by atomic mass is 32.2. The van der Waals surface area contributed by atoms with E-state index in [1.165, 1.54) is 11.4 Å². The van der Waals surface area contributed by atoms with Crippen LogP contribution in [0.2, 0.25) is 0 Å². The molecule has 0 radical (unpaired) electrons. The van der Waals surface area contributed by atoms with E-state index in [2.05, 4.69) is 17.4 Å². The third-order valence-electron chi connectivity index (χ3n) is 7.41. The van der Waals surface area contributed by atoms with Crippen molar-refractivity contribution in [2.24, 2.45) is 0 Å². The molecule has 6 aromatic rings. The molecule has 3 aromatic carbocycles. The lowest BCUT2D eigenvalue weighted by atomic mass is 9.98. The number of anilines is 1. The molecule has 3 heterocycles. The van der Waals surface area contributed by atoms with Crippen molar-refractivity contribution in [1.82, 2.24) is 10.3 Å². The van der Waals surface area contributed by atoms with Crippen molar-refractivity contribution in [2.45, 2.75) is 6.92 Å². The van der Waals surface area contributed by atoms with Crippen LogP contribution in [0.3, 0.4) is 0 Å². The Morgan fingerprint density at radius 2 is 1.74 bits per heavy atom. The number of carbonyl (C=O) groups excluding carboxylic acids is 1. The number of sulfonamides is 1. The predicted octanol–water partition coefficient (Wildman–Crippen LogP) is 7.12. The molecule has 3 aromatic heterocycles. The number of nitrogens with one attached hydrogen (secondary N) is 1. The highest BCUT2D eigenvalue weighted by Gasteiger charge is 2.26. The molecule has 10 heteroatoms. The Morgan fingerprint density at radius 1 is 1.00 bits per heavy atom. The number of benzene rings is 3. The van der Waals surface area contributed by atoms with Gasteiger partial charge in [-0.05, 0) is 42.1 Å². The fourth-order valence-corrected chi connectivity index (χ4v) is 6.59. The summed E-state index contributed by atoms with van der Waals surface area (Å²) in [6.07, 6.45) is 1.15. The molecule has 6 rings (SSSR count). The molecule has 1 N–H and O–H groups in total. The number of nitrogens with zero attached hydrogens (tertiary/aromatic N) is 2. The highest BCUT2D eigenvalue weighted by Crippen LogP contribution is 2.43. The fourth-order valence-electron chi connectivity index (χ4n) is 5.06. The summed E-state index contributed by atoms with van der Waals surface area (Å²) in [5, 5.41) is 4.38. The van der Waals surface area contributed by atoms with Gasteiger partial charge in [0.15, 0.2) is 0 Å². The second-order valence-electron chi connectivity index (χ2n) is 10.3. The number of aryl methyl sites for hydroxylation is 1. The number of hydrogen-bond donors (Lipinski definition) is 1. The van der Waals surface area contributed by atoms with Gasteiger partial charge in [-0.2, -0.15) is 0 Å². The maximum absolute atomic E-state index is 13.3. The van der Waals surface area contributed by atoms with Crippen molar-refractivity contribution in [3.05, 3.63) is 90.0 Å². The zero-order chi connectivity index (χ0) is 30.5. The van der Waals surface area contributed by atoms with Crippen LogP contribution in [-0.2, 0) is 10.0 Å². The number of fused-ring (bicyclic) bond motifs is 2. The monoisotopic (exact) mass is 611 g/mol. The zero-order valence-corrected chi connectivity index (χ0v) is 25.9. The van der Waals surface area contributed by atoms with E-state index < -0.39 is 10.0 Å². The van der Waals surface area contributed by atoms with Crippen LogP contribution in [-0.4, -0.2) is 46.8 Å². The van der Waals surface area contributed by atoms with Gasteiger partial charge in [0.05, 0.1) is 35.2 Å². The molecule has 8 nitrogen and oxygen atoms in total. The number of amides is 1. The van der Waals surface area contributed by atoms with Crippen LogP contribution in [0.4, 0.5) is 5.69 Å². The number of carbonyl (C=O) groups is 1. The van der Waals surface area contributed by atoms with Crippen molar-refractivity contribution >= 4 is 54.0 Å². The Labute approximate surface area is 253 Å². The molecule has 0 unspecified atom stereocenters. The van der Waals surface area contributed by atoms with E-state index in [9.17, 15) is 13.2 Å². The number of pyridine rings is 1. The summed E-state index contributed by atoms with van der Waals surface area (Å²) >= 11 is 1.61. The van der Waals surface area contributed by atoms with Crippen LogP contribution in [0, 0.1) is 6.92 Å². The molecule has 1 amide bonds. The summed E-state index contributed by atoms with van der Waals surface area (Å²) in [6.45, 7) is 1.98. The molecule has 0 aliphatic carbocycles. The normalized spacial score (nSPS) is 11.7. The van der Waals surface area contributed by atoms with Gasteiger partial charge in [0.25, 0.3) is 5.91 Å². The summed E-state index contributed by atoms with van der Waals surface area (Å²) in [5.74, 6) is 0.456. The van der Waals surface area contributed by atoms with Crippen LogP contribution in [0.1, 0.15) is 15.9 Å². The average Bonchev–Trinajstić information content (AvgIpc) is 3.61. The number of aromatic nitrogens is 1. The van der Waals surface area contributed by atoms with E-state index in [1.807, 2.05) is 61.5 Å². The summed E-state index contributed by atoms with van der Waals surface area (Å²) in [7, 11) is 0.941. The average molecular weight is 612 g/mol. The van der Waals surface area contributed by atoms with Crippen LogP contribution in [0.25, 0.3) is 54.1 Å². The van der Waals surface area contributed by atoms with Crippen LogP contribution < -0.4 is 14.4 Å². The Balaban J connectivity index is 1.64. The summed E-state index contributed by atoms with van der Waals surface area (Å²) in [5.41, 5.74) is 4.87. The molecule has 0 aliphatic rings. The predicted molar refractivity (Wildman–Crippen MR) is 174 cm³/mol. The molecule has 0 saturated carbocycles. The number of thiophene rings is 1. The van der Waals surface area contributed by atoms with Gasteiger partial charge in [-0.25, -0.2) is 13.4 Å². The van der Waals surface area contributed by atoms with Gasteiger partial charge < -0.3 is 14.5 Å². The van der Waals surface area contributed by atoms with Crippen LogP contribution in [0.15, 0.2) is 83.3 Å². The van der Waals surface area contributed by atoms with E-state index >= 15 is 0 Å². The first-order valence-corrected chi connectivity index (χ1v) is 16.1. The maximum Gasteiger partial charge on any atom is 0.255 e. The van der Waals surface area contributed by atoms with Crippen molar-refractivity contribution in [3.8, 4) is 38.9 Å². The zero-order valence-electron chi connectivity index (χ0n) is 24.3. The highest BCUT2D eigenvalue weighted by molar-refractivity contribution is 7.92. The van der Waals surface area contributed by atoms with E-state index in [4.69, 9.17) is 14.1 Å². The topological polar surface area (TPSA) is 102 Å². The van der Waals surface area contributed by atoms with Gasteiger partial charge in [-0.3, -0.25) is 9.10 Å². The third kappa shape index (κ3) is 5.24. The fraction of sp³-hybridized carbons (Fsp3) is 0.152. The van der Waals surface area contributed by atoms with Crippen LogP contribution >= 0.6 is 11.3 Å². The number of ether oxygens (including phenoxy) is 1. The Bertz CT molecular complexity index is 2100. The van der Waals surface area contributed by atoms with E-state index in [0.717, 1.165) is 32.3 Å². The number of hydrogen-bond acceptors (Lipinski definition) is 7. The van der Waals surface area contributed by atoms with Crippen molar-refractivity contribution < 1.29 is 22.4 Å². The van der Waals surface area contributed by atoms with Gasteiger partial charge in [-0.15, -0.1) is 11.3 Å². The third-order valence-corrected chi connectivity index (χ3v) is 9.74. The van der Waals surface area contributed by atoms with Gasteiger partial charge in [-0.1, -0.05) is 48.0 Å². The lowest BCUT2D eigenvalue weighted by Gasteiger charge is -2.21. The van der Waals surface area contributed by atoms with Crippen molar-refractivity contribution in [3.63, 3.8) is 0 Å². The molecule has 43 heavy (non-hydrogen) atoms. The first-order chi connectivity index (χ1) is 20.6. The van der Waals surface area contributed by atoms with E-state index in [1.54, 1.807) is 37.6 Å². The summed E-state index contributed by atoms with van der Waals surface area (Å²) in [4.78, 5) is 18.9.